The summed E-state index contributed by atoms with van der Waals surface area (Å²) in [6.07, 6.45) is 0. The molecule has 0 spiro atoms. The second-order valence-electron chi connectivity index (χ2n) is 4.02. The van der Waals surface area contributed by atoms with E-state index < -0.39 is 0 Å². The van der Waals surface area contributed by atoms with Crippen LogP contribution in [0.25, 0.3) is 11.4 Å². The molecule has 1 aromatic heterocycles. The van der Waals surface area contributed by atoms with Gasteiger partial charge in [-0.25, -0.2) is 4.39 Å². The molecule has 0 aliphatic rings. The number of halogens is 2. The molecule has 0 radical (unpaired) electrons. The van der Waals surface area contributed by atoms with Crippen molar-refractivity contribution < 1.29 is 4.39 Å². The zero-order valence-corrected chi connectivity index (χ0v) is 11.3. The average molecular weight is 298 g/mol. The van der Waals surface area contributed by atoms with Gasteiger partial charge in [0, 0.05) is 6.04 Å². The topological polar surface area (TPSA) is 30.7 Å². The molecule has 0 aliphatic carbocycles. The lowest BCUT2D eigenvalue weighted by atomic mass is 10.2. The minimum absolute atomic E-state index is 0.187. The molecule has 1 heterocycles. The van der Waals surface area contributed by atoms with Gasteiger partial charge in [-0.15, -0.1) is 10.2 Å². The molecule has 0 aliphatic heterocycles. The number of rotatable bonds is 3. The van der Waals surface area contributed by atoms with E-state index in [2.05, 4.69) is 26.1 Å². The van der Waals surface area contributed by atoms with Crippen molar-refractivity contribution in [2.24, 2.45) is 0 Å². The van der Waals surface area contributed by atoms with Crippen molar-refractivity contribution in [1.29, 1.82) is 0 Å². The third-order valence-electron chi connectivity index (χ3n) is 2.52. The van der Waals surface area contributed by atoms with E-state index >= 15 is 0 Å². The molecule has 0 amide bonds. The lowest BCUT2D eigenvalue weighted by Gasteiger charge is -2.13. The number of hydrogen-bond donors (Lipinski definition) is 0. The average Bonchev–Trinajstić information content (AvgIpc) is 2.73. The van der Waals surface area contributed by atoms with Crippen LogP contribution in [-0.2, 0) is 5.33 Å². The summed E-state index contributed by atoms with van der Waals surface area (Å²) in [6.45, 7) is 4.06. The van der Waals surface area contributed by atoms with Gasteiger partial charge in [0.25, 0.3) is 0 Å². The first-order chi connectivity index (χ1) is 8.15. The van der Waals surface area contributed by atoms with Gasteiger partial charge in [-0.2, -0.15) is 0 Å². The van der Waals surface area contributed by atoms with Gasteiger partial charge >= 0.3 is 0 Å². The Kier molecular flexibility index (Phi) is 3.57. The van der Waals surface area contributed by atoms with Crippen LogP contribution in [0.4, 0.5) is 4.39 Å². The van der Waals surface area contributed by atoms with E-state index in [1.54, 1.807) is 18.2 Å². The van der Waals surface area contributed by atoms with Gasteiger partial charge in [0.15, 0.2) is 5.82 Å². The van der Waals surface area contributed by atoms with Gasteiger partial charge in [0.1, 0.15) is 11.6 Å². The van der Waals surface area contributed by atoms with Crippen LogP contribution in [0, 0.1) is 5.82 Å². The summed E-state index contributed by atoms with van der Waals surface area (Å²) >= 11 is 3.36. The van der Waals surface area contributed by atoms with E-state index in [0.717, 1.165) is 5.82 Å². The van der Waals surface area contributed by atoms with Crippen LogP contribution >= 0.6 is 15.9 Å². The number of hydrogen-bond acceptors (Lipinski definition) is 2. The number of aromatic nitrogens is 3. The maximum Gasteiger partial charge on any atom is 0.167 e. The Bertz CT molecular complexity index is 522. The van der Waals surface area contributed by atoms with Crippen molar-refractivity contribution in [3.05, 3.63) is 35.9 Å². The van der Waals surface area contributed by atoms with Crippen LogP contribution in [-0.4, -0.2) is 14.8 Å². The highest BCUT2D eigenvalue weighted by Gasteiger charge is 2.17. The van der Waals surface area contributed by atoms with Crippen LogP contribution in [0.5, 0.6) is 0 Å². The van der Waals surface area contributed by atoms with Crippen molar-refractivity contribution in [2.45, 2.75) is 25.2 Å². The van der Waals surface area contributed by atoms with Crippen LogP contribution in [0.1, 0.15) is 25.7 Å². The molecule has 0 fully saturated rings. The first-order valence-electron chi connectivity index (χ1n) is 5.39. The smallest absolute Gasteiger partial charge is 0.167 e. The fourth-order valence-corrected chi connectivity index (χ4v) is 2.17. The van der Waals surface area contributed by atoms with Gasteiger partial charge in [-0.1, -0.05) is 28.1 Å². The quantitative estimate of drug-likeness (QED) is 0.811. The van der Waals surface area contributed by atoms with Crippen molar-refractivity contribution in [2.75, 3.05) is 0 Å². The summed E-state index contributed by atoms with van der Waals surface area (Å²) in [5.41, 5.74) is 0.487. The predicted octanol–water partition coefficient (Wildman–Crippen LogP) is 3.56. The lowest BCUT2D eigenvalue weighted by molar-refractivity contribution is 0.580. The maximum atomic E-state index is 13.7. The molecule has 0 unspecified atom stereocenters. The molecule has 17 heavy (non-hydrogen) atoms. The molecular weight excluding hydrogens is 285 g/mol. The largest absolute Gasteiger partial charge is 0.308 e. The summed E-state index contributed by atoms with van der Waals surface area (Å²) in [4.78, 5) is 0. The van der Waals surface area contributed by atoms with E-state index in [1.807, 2.05) is 18.4 Å². The van der Waals surface area contributed by atoms with Crippen LogP contribution < -0.4 is 0 Å². The van der Waals surface area contributed by atoms with Crippen LogP contribution in [0.2, 0.25) is 0 Å². The Morgan fingerprint density at radius 1 is 1.29 bits per heavy atom. The number of alkyl halides is 1. The van der Waals surface area contributed by atoms with Gasteiger partial charge < -0.3 is 4.57 Å². The first-order valence-corrected chi connectivity index (χ1v) is 6.52. The van der Waals surface area contributed by atoms with Crippen LogP contribution in [0.15, 0.2) is 24.3 Å². The molecule has 1 aromatic carbocycles. The highest BCUT2D eigenvalue weighted by molar-refractivity contribution is 9.08. The second-order valence-corrected chi connectivity index (χ2v) is 4.58. The molecule has 2 aromatic rings. The molecule has 5 heteroatoms. The zero-order valence-electron chi connectivity index (χ0n) is 9.69. The number of nitrogens with zero attached hydrogens (tertiary/aromatic N) is 3. The fraction of sp³-hybridized carbons (Fsp3) is 0.333. The summed E-state index contributed by atoms with van der Waals surface area (Å²) in [5.74, 6) is 1.11. The molecule has 3 nitrogen and oxygen atoms in total. The third kappa shape index (κ3) is 2.24. The highest BCUT2D eigenvalue weighted by atomic mass is 79.9. The summed E-state index contributed by atoms with van der Waals surface area (Å²) in [6, 6.07) is 6.80. The molecule has 0 bridgehead atoms. The van der Waals surface area contributed by atoms with E-state index in [0.29, 0.717) is 16.7 Å². The normalized spacial score (nSPS) is 11.1. The minimum Gasteiger partial charge on any atom is -0.308 e. The van der Waals surface area contributed by atoms with Crippen molar-refractivity contribution in [1.82, 2.24) is 14.8 Å². The summed E-state index contributed by atoms with van der Waals surface area (Å²) in [5, 5.41) is 8.76. The molecule has 0 atom stereocenters. The van der Waals surface area contributed by atoms with Crippen molar-refractivity contribution >= 4 is 15.9 Å². The summed E-state index contributed by atoms with van der Waals surface area (Å²) in [7, 11) is 0. The van der Waals surface area contributed by atoms with Gasteiger partial charge in [-0.05, 0) is 26.0 Å². The van der Waals surface area contributed by atoms with Crippen LogP contribution in [0.3, 0.4) is 0 Å². The monoisotopic (exact) mass is 297 g/mol. The summed E-state index contributed by atoms with van der Waals surface area (Å²) < 4.78 is 15.7. The lowest BCUT2D eigenvalue weighted by Crippen LogP contribution is -2.07. The number of benzene rings is 1. The minimum atomic E-state index is -0.275. The van der Waals surface area contributed by atoms with E-state index in [1.165, 1.54) is 6.07 Å². The third-order valence-corrected chi connectivity index (χ3v) is 3.02. The first kappa shape index (κ1) is 12.2. The Balaban J connectivity index is 2.60. The van der Waals surface area contributed by atoms with E-state index in [4.69, 9.17) is 0 Å². The Hall–Kier alpha value is -1.23. The van der Waals surface area contributed by atoms with Crippen molar-refractivity contribution in [3.8, 4) is 11.4 Å². The Morgan fingerprint density at radius 3 is 2.59 bits per heavy atom. The molecule has 2 rings (SSSR count). The predicted molar refractivity (Wildman–Crippen MR) is 68.4 cm³/mol. The van der Waals surface area contributed by atoms with E-state index in [9.17, 15) is 4.39 Å². The van der Waals surface area contributed by atoms with Gasteiger partial charge in [0.2, 0.25) is 0 Å². The maximum absolute atomic E-state index is 13.7. The molecular formula is C12H13BrFN3. The second kappa shape index (κ2) is 4.96. The molecule has 0 saturated carbocycles. The molecule has 90 valence electrons. The van der Waals surface area contributed by atoms with Gasteiger partial charge in [-0.3, -0.25) is 0 Å². The molecule has 0 saturated heterocycles. The highest BCUT2D eigenvalue weighted by Crippen LogP contribution is 2.25. The molecule has 0 N–H and O–H groups in total. The standard InChI is InChI=1S/C12H13BrFN3/c1-8(2)17-11(7-13)15-16-12(17)9-5-3-4-6-10(9)14/h3-6,8H,7H2,1-2H3. The SMILES string of the molecule is CC(C)n1c(CBr)nnc1-c1ccccc1F. The Labute approximate surface area is 108 Å². The Morgan fingerprint density at radius 2 is 2.00 bits per heavy atom. The van der Waals surface area contributed by atoms with E-state index in [-0.39, 0.29) is 11.9 Å². The van der Waals surface area contributed by atoms with Gasteiger partial charge in [0.05, 0.1) is 10.9 Å². The fourth-order valence-electron chi connectivity index (χ4n) is 1.78. The van der Waals surface area contributed by atoms with Crippen molar-refractivity contribution in [3.63, 3.8) is 0 Å². The zero-order chi connectivity index (χ0) is 12.4.